The number of carbonyl (C=O) groups is 2. The number of ether oxygens (including phenoxy) is 1. The molecule has 0 saturated heterocycles. The van der Waals surface area contributed by atoms with Crippen LogP contribution < -0.4 is 10.1 Å². The van der Waals surface area contributed by atoms with Crippen molar-refractivity contribution in [2.75, 3.05) is 12.4 Å². The first-order valence-electron chi connectivity index (χ1n) is 8.19. The SMILES string of the molecule is COc1c(F)cc(C(=O)Nc2scc(-c3cccc(C)c3)c2C(=O)O)c(F)c1F. The average Bonchev–Trinajstić information content (AvgIpc) is 3.09. The number of hydrogen-bond acceptors (Lipinski definition) is 4. The van der Waals surface area contributed by atoms with Crippen LogP contribution in [0.3, 0.4) is 0 Å². The minimum atomic E-state index is -1.65. The second-order valence-corrected chi connectivity index (χ2v) is 6.93. The highest BCUT2D eigenvalue weighted by molar-refractivity contribution is 7.15. The van der Waals surface area contributed by atoms with Crippen LogP contribution >= 0.6 is 11.3 Å². The molecule has 3 aromatic rings. The number of carboxylic acids is 1. The van der Waals surface area contributed by atoms with Crippen LogP contribution in [0.4, 0.5) is 18.2 Å². The van der Waals surface area contributed by atoms with Crippen molar-refractivity contribution >= 4 is 28.2 Å². The number of nitrogens with one attached hydrogen (secondary N) is 1. The lowest BCUT2D eigenvalue weighted by Gasteiger charge is -2.10. The molecule has 1 amide bonds. The van der Waals surface area contributed by atoms with Crippen LogP contribution in [0.5, 0.6) is 5.75 Å². The van der Waals surface area contributed by atoms with Crippen molar-refractivity contribution in [3.63, 3.8) is 0 Å². The number of methoxy groups -OCH3 is 1. The number of aromatic carboxylic acids is 1. The zero-order valence-corrected chi connectivity index (χ0v) is 16.0. The highest BCUT2D eigenvalue weighted by atomic mass is 32.1. The fraction of sp³-hybridized carbons (Fsp3) is 0.100. The van der Waals surface area contributed by atoms with Gasteiger partial charge in [-0.15, -0.1) is 11.3 Å². The maximum Gasteiger partial charge on any atom is 0.339 e. The number of anilines is 1. The highest BCUT2D eigenvalue weighted by Crippen LogP contribution is 2.36. The molecule has 0 unspecified atom stereocenters. The number of halogens is 3. The molecule has 1 aromatic heterocycles. The van der Waals surface area contributed by atoms with Gasteiger partial charge in [0, 0.05) is 10.9 Å². The monoisotopic (exact) mass is 421 g/mol. The molecule has 1 heterocycles. The third kappa shape index (κ3) is 3.81. The van der Waals surface area contributed by atoms with Gasteiger partial charge in [-0.25, -0.2) is 13.6 Å². The molecule has 5 nitrogen and oxygen atoms in total. The molecule has 9 heteroatoms. The average molecular weight is 421 g/mol. The van der Waals surface area contributed by atoms with Crippen molar-refractivity contribution in [3.05, 3.63) is 69.9 Å². The number of aryl methyl sites for hydroxylation is 1. The van der Waals surface area contributed by atoms with Gasteiger partial charge in [0.1, 0.15) is 10.6 Å². The Morgan fingerprint density at radius 3 is 2.48 bits per heavy atom. The van der Waals surface area contributed by atoms with Crippen LogP contribution in [0.1, 0.15) is 26.3 Å². The largest absolute Gasteiger partial charge is 0.491 e. The molecule has 2 aromatic carbocycles. The Morgan fingerprint density at radius 1 is 1.14 bits per heavy atom. The van der Waals surface area contributed by atoms with Gasteiger partial charge in [0.15, 0.2) is 17.4 Å². The number of carbonyl (C=O) groups excluding carboxylic acids is 1. The normalized spacial score (nSPS) is 10.7. The third-order valence-corrected chi connectivity index (χ3v) is 5.02. The lowest BCUT2D eigenvalue weighted by Crippen LogP contribution is -2.17. The summed E-state index contributed by atoms with van der Waals surface area (Å²) in [4.78, 5) is 24.2. The molecule has 0 aliphatic heterocycles. The van der Waals surface area contributed by atoms with Gasteiger partial charge in [-0.3, -0.25) is 4.79 Å². The van der Waals surface area contributed by atoms with E-state index in [4.69, 9.17) is 0 Å². The Labute approximate surface area is 167 Å². The summed E-state index contributed by atoms with van der Waals surface area (Å²) in [6, 6.07) is 7.57. The molecule has 0 aliphatic rings. The third-order valence-electron chi connectivity index (χ3n) is 4.13. The van der Waals surface area contributed by atoms with E-state index in [-0.39, 0.29) is 10.6 Å². The Morgan fingerprint density at radius 2 is 1.86 bits per heavy atom. The van der Waals surface area contributed by atoms with E-state index in [1.54, 1.807) is 18.2 Å². The summed E-state index contributed by atoms with van der Waals surface area (Å²) in [6.45, 7) is 1.84. The molecular weight excluding hydrogens is 407 g/mol. The summed E-state index contributed by atoms with van der Waals surface area (Å²) < 4.78 is 46.3. The predicted molar refractivity (Wildman–Crippen MR) is 102 cm³/mol. The van der Waals surface area contributed by atoms with Gasteiger partial charge in [0.2, 0.25) is 5.82 Å². The Kier molecular flexibility index (Phi) is 5.60. The van der Waals surface area contributed by atoms with E-state index in [1.807, 2.05) is 13.0 Å². The lowest BCUT2D eigenvalue weighted by molar-refractivity contribution is 0.0699. The van der Waals surface area contributed by atoms with Crippen molar-refractivity contribution in [1.29, 1.82) is 0 Å². The van der Waals surface area contributed by atoms with E-state index in [9.17, 15) is 27.9 Å². The van der Waals surface area contributed by atoms with Gasteiger partial charge in [-0.05, 0) is 18.6 Å². The summed E-state index contributed by atoms with van der Waals surface area (Å²) in [5.41, 5.74) is 0.759. The predicted octanol–water partition coefficient (Wildman–Crippen LogP) is 5.10. The van der Waals surface area contributed by atoms with Gasteiger partial charge in [0.25, 0.3) is 5.91 Å². The number of carboxylic acid groups (broad SMARTS) is 1. The van der Waals surface area contributed by atoms with E-state index in [0.29, 0.717) is 17.2 Å². The Hall–Kier alpha value is -3.33. The van der Waals surface area contributed by atoms with Crippen molar-refractivity contribution in [3.8, 4) is 16.9 Å². The highest BCUT2D eigenvalue weighted by Gasteiger charge is 2.26. The van der Waals surface area contributed by atoms with Crippen molar-refractivity contribution < 1.29 is 32.6 Å². The minimum absolute atomic E-state index is 0.0879. The summed E-state index contributed by atoms with van der Waals surface area (Å²) in [5.74, 6) is -7.98. The molecule has 0 spiro atoms. The smallest absolute Gasteiger partial charge is 0.339 e. The minimum Gasteiger partial charge on any atom is -0.491 e. The standard InChI is InChI=1S/C20H14F3NO4S/c1-9-4-3-5-10(6-9)12-8-29-19(14(12)20(26)27)24-18(25)11-7-13(21)17(28-2)16(23)15(11)22/h3-8H,1-2H3,(H,24,25)(H,26,27). The number of hydrogen-bond donors (Lipinski definition) is 2. The van der Waals surface area contributed by atoms with Crippen LogP contribution in [0, 0.1) is 24.4 Å². The summed E-state index contributed by atoms with van der Waals surface area (Å²) in [6.07, 6.45) is 0. The summed E-state index contributed by atoms with van der Waals surface area (Å²) >= 11 is 0.903. The maximum atomic E-state index is 14.2. The van der Waals surface area contributed by atoms with Crippen LogP contribution in [-0.4, -0.2) is 24.1 Å². The number of rotatable bonds is 5. The molecule has 2 N–H and O–H groups in total. The lowest BCUT2D eigenvalue weighted by atomic mass is 10.0. The first-order chi connectivity index (χ1) is 13.7. The Bertz CT molecular complexity index is 1130. The summed E-state index contributed by atoms with van der Waals surface area (Å²) in [5, 5.41) is 13.3. The molecular formula is C20H14F3NO4S. The number of thiophene rings is 1. The molecule has 0 bridgehead atoms. The Balaban J connectivity index is 2.01. The number of amides is 1. The molecule has 0 aliphatic carbocycles. The molecule has 0 atom stereocenters. The second kappa shape index (κ2) is 7.96. The molecule has 0 fully saturated rings. The second-order valence-electron chi connectivity index (χ2n) is 6.05. The zero-order valence-electron chi connectivity index (χ0n) is 15.2. The maximum absolute atomic E-state index is 14.2. The fourth-order valence-corrected chi connectivity index (χ4v) is 3.74. The molecule has 0 saturated carbocycles. The van der Waals surface area contributed by atoms with Gasteiger partial charge in [0.05, 0.1) is 12.7 Å². The van der Waals surface area contributed by atoms with Crippen LogP contribution in [0.15, 0.2) is 35.7 Å². The van der Waals surface area contributed by atoms with Crippen molar-refractivity contribution in [1.82, 2.24) is 0 Å². The van der Waals surface area contributed by atoms with Crippen LogP contribution in [0.25, 0.3) is 11.1 Å². The molecule has 0 radical (unpaired) electrons. The van der Waals surface area contributed by atoms with E-state index >= 15 is 0 Å². The zero-order chi connectivity index (χ0) is 21.3. The van der Waals surface area contributed by atoms with Gasteiger partial charge in [-0.2, -0.15) is 4.39 Å². The van der Waals surface area contributed by atoms with Gasteiger partial charge >= 0.3 is 5.97 Å². The topological polar surface area (TPSA) is 75.6 Å². The molecule has 3 rings (SSSR count). The number of benzene rings is 2. The van der Waals surface area contributed by atoms with Crippen molar-refractivity contribution in [2.45, 2.75) is 6.92 Å². The van der Waals surface area contributed by atoms with Gasteiger partial charge < -0.3 is 15.2 Å². The van der Waals surface area contributed by atoms with Crippen LogP contribution in [0.2, 0.25) is 0 Å². The first kappa shape index (κ1) is 20.4. The fourth-order valence-electron chi connectivity index (χ4n) is 2.79. The summed E-state index contributed by atoms with van der Waals surface area (Å²) in [7, 11) is 0.957. The first-order valence-corrected chi connectivity index (χ1v) is 9.07. The van der Waals surface area contributed by atoms with Crippen LogP contribution in [-0.2, 0) is 0 Å². The van der Waals surface area contributed by atoms with E-state index < -0.39 is 40.6 Å². The van der Waals surface area contributed by atoms with Crippen molar-refractivity contribution in [2.24, 2.45) is 0 Å². The van der Waals surface area contributed by atoms with E-state index in [1.165, 1.54) is 5.38 Å². The van der Waals surface area contributed by atoms with E-state index in [2.05, 4.69) is 10.1 Å². The van der Waals surface area contributed by atoms with E-state index in [0.717, 1.165) is 24.0 Å². The van der Waals surface area contributed by atoms with Gasteiger partial charge in [-0.1, -0.05) is 29.8 Å². The molecule has 29 heavy (non-hydrogen) atoms. The quantitative estimate of drug-likeness (QED) is 0.562. The molecule has 150 valence electrons.